The second-order valence-corrected chi connectivity index (χ2v) is 5.94. The van der Waals surface area contributed by atoms with Crippen molar-refractivity contribution in [3.63, 3.8) is 0 Å². The van der Waals surface area contributed by atoms with Crippen LogP contribution in [0.4, 0.5) is 4.39 Å². The Kier molecular flexibility index (Phi) is 3.35. The summed E-state index contributed by atoms with van der Waals surface area (Å²) in [6.07, 6.45) is -4.48. The highest BCUT2D eigenvalue weighted by Crippen LogP contribution is 2.52. The quantitative estimate of drug-likeness (QED) is 0.527. The molecule has 0 bridgehead atoms. The Morgan fingerprint density at radius 1 is 1.48 bits per heavy atom. The minimum absolute atomic E-state index is 0.341. The van der Waals surface area contributed by atoms with E-state index < -0.39 is 49.4 Å². The molecule has 0 saturated carbocycles. The first kappa shape index (κ1) is 14.6. The molecule has 3 heterocycles. The van der Waals surface area contributed by atoms with Gasteiger partial charge in [0.25, 0.3) is 5.56 Å². The number of halogens is 1. The summed E-state index contributed by atoms with van der Waals surface area (Å²) in [4.78, 5) is 33.5. The van der Waals surface area contributed by atoms with Crippen molar-refractivity contribution < 1.29 is 32.7 Å². The molecule has 1 aromatic rings. The van der Waals surface area contributed by atoms with Gasteiger partial charge in [-0.05, 0) is 0 Å². The van der Waals surface area contributed by atoms with Gasteiger partial charge in [0.05, 0.1) is 12.8 Å². The predicted octanol–water partition coefficient (Wildman–Crippen LogP) is -1.55. The van der Waals surface area contributed by atoms with Gasteiger partial charge in [-0.3, -0.25) is 23.4 Å². The lowest BCUT2D eigenvalue weighted by atomic mass is 10.1. The molecule has 2 aliphatic rings. The van der Waals surface area contributed by atoms with Crippen molar-refractivity contribution in [1.29, 1.82) is 0 Å². The van der Waals surface area contributed by atoms with E-state index in [-0.39, 0.29) is 6.61 Å². The van der Waals surface area contributed by atoms with Crippen molar-refractivity contribution in [3.05, 3.63) is 32.9 Å². The standard InChI is InChI=1S/C9H10FN2O8P/c10-3-1-12(9(15)11-7(3)14)8-5(13)6-4(19-8)2-18-21(16,17)20-6/h1,4-6,8,13H,2H2,(H,16,17)(H,11,14,15)/t4-,5-,6-,8-/m1/s1. The maximum Gasteiger partial charge on any atom is 0.472 e. The number of aromatic amines is 1. The third-order valence-electron chi connectivity index (χ3n) is 3.16. The number of rotatable bonds is 1. The first-order chi connectivity index (χ1) is 9.78. The van der Waals surface area contributed by atoms with Gasteiger partial charge >= 0.3 is 13.5 Å². The molecule has 0 radical (unpaired) electrons. The van der Waals surface area contributed by atoms with E-state index in [1.807, 2.05) is 0 Å². The number of nitrogens with zero attached hydrogens (tertiary/aromatic N) is 1. The van der Waals surface area contributed by atoms with Crippen molar-refractivity contribution in [2.24, 2.45) is 0 Å². The zero-order valence-electron chi connectivity index (χ0n) is 10.2. The summed E-state index contributed by atoms with van der Waals surface area (Å²) in [7, 11) is -4.30. The Labute approximate surface area is 115 Å². The molecule has 3 N–H and O–H groups in total. The summed E-state index contributed by atoms with van der Waals surface area (Å²) in [5, 5.41) is 10.0. The van der Waals surface area contributed by atoms with Crippen LogP contribution in [0.1, 0.15) is 6.23 Å². The maximum atomic E-state index is 13.3. The molecule has 2 aliphatic heterocycles. The molecule has 5 atom stereocenters. The van der Waals surface area contributed by atoms with Crippen LogP contribution in [0.2, 0.25) is 0 Å². The smallest absolute Gasteiger partial charge is 0.386 e. The molecule has 0 aromatic carbocycles. The molecule has 0 aliphatic carbocycles. The molecular formula is C9H10FN2O8P. The predicted molar refractivity (Wildman–Crippen MR) is 61.8 cm³/mol. The molecule has 0 spiro atoms. The maximum absolute atomic E-state index is 13.3. The fourth-order valence-electron chi connectivity index (χ4n) is 2.22. The van der Waals surface area contributed by atoms with Gasteiger partial charge in [-0.15, -0.1) is 0 Å². The molecule has 10 nitrogen and oxygen atoms in total. The summed E-state index contributed by atoms with van der Waals surface area (Å²) in [5.74, 6) is -1.25. The second-order valence-electron chi connectivity index (χ2n) is 4.53. The van der Waals surface area contributed by atoms with E-state index in [9.17, 15) is 28.5 Å². The van der Waals surface area contributed by atoms with E-state index in [1.54, 1.807) is 4.98 Å². The minimum atomic E-state index is -4.30. The van der Waals surface area contributed by atoms with E-state index in [4.69, 9.17) is 4.74 Å². The van der Waals surface area contributed by atoms with Gasteiger partial charge < -0.3 is 14.7 Å². The number of ether oxygens (including phenoxy) is 1. The molecule has 0 amide bonds. The van der Waals surface area contributed by atoms with Crippen LogP contribution in [0.5, 0.6) is 0 Å². The van der Waals surface area contributed by atoms with Crippen molar-refractivity contribution in [2.45, 2.75) is 24.5 Å². The van der Waals surface area contributed by atoms with Gasteiger partial charge in [0.15, 0.2) is 6.23 Å². The second kappa shape index (κ2) is 4.83. The highest BCUT2D eigenvalue weighted by molar-refractivity contribution is 7.47. The third kappa shape index (κ3) is 2.48. The molecule has 12 heteroatoms. The fraction of sp³-hybridized carbons (Fsp3) is 0.556. The van der Waals surface area contributed by atoms with Crippen LogP contribution in [-0.4, -0.2) is 44.5 Å². The average Bonchev–Trinajstić information content (AvgIpc) is 2.70. The lowest BCUT2D eigenvalue weighted by Crippen LogP contribution is -2.40. The van der Waals surface area contributed by atoms with Crippen LogP contribution in [0, 0.1) is 5.82 Å². The third-order valence-corrected chi connectivity index (χ3v) is 4.15. The topological polar surface area (TPSA) is 140 Å². The van der Waals surface area contributed by atoms with E-state index in [2.05, 4.69) is 9.05 Å². The number of hydrogen-bond acceptors (Lipinski definition) is 7. The molecule has 1 aromatic heterocycles. The molecule has 21 heavy (non-hydrogen) atoms. The summed E-state index contributed by atoms with van der Waals surface area (Å²) >= 11 is 0. The zero-order valence-corrected chi connectivity index (χ0v) is 11.1. The van der Waals surface area contributed by atoms with Crippen LogP contribution in [0.15, 0.2) is 15.8 Å². The van der Waals surface area contributed by atoms with E-state index in [1.165, 1.54) is 0 Å². The van der Waals surface area contributed by atoms with Gasteiger partial charge in [-0.25, -0.2) is 9.36 Å². The first-order valence-corrected chi connectivity index (χ1v) is 7.28. The minimum Gasteiger partial charge on any atom is -0.386 e. The Balaban J connectivity index is 1.95. The number of phosphoric acid groups is 1. The highest BCUT2D eigenvalue weighted by atomic mass is 31.2. The van der Waals surface area contributed by atoms with E-state index in [0.29, 0.717) is 10.8 Å². The summed E-state index contributed by atoms with van der Waals surface area (Å²) in [6.45, 7) is -0.341. The lowest BCUT2D eigenvalue weighted by molar-refractivity contribution is -0.0687. The monoisotopic (exact) mass is 324 g/mol. The Hall–Kier alpha value is -1.36. The van der Waals surface area contributed by atoms with Crippen LogP contribution in [0.3, 0.4) is 0 Å². The Morgan fingerprint density at radius 2 is 2.19 bits per heavy atom. The largest absolute Gasteiger partial charge is 0.472 e. The van der Waals surface area contributed by atoms with Crippen molar-refractivity contribution >= 4 is 7.82 Å². The fourth-order valence-corrected chi connectivity index (χ4v) is 3.18. The Morgan fingerprint density at radius 3 is 2.90 bits per heavy atom. The Bertz CT molecular complexity index is 731. The molecule has 2 saturated heterocycles. The van der Waals surface area contributed by atoms with Crippen LogP contribution in [-0.2, 0) is 18.3 Å². The molecule has 2 fully saturated rings. The van der Waals surface area contributed by atoms with E-state index >= 15 is 0 Å². The molecule has 116 valence electrons. The first-order valence-electron chi connectivity index (χ1n) is 5.79. The molecular weight excluding hydrogens is 314 g/mol. The van der Waals surface area contributed by atoms with Gasteiger partial charge in [0.1, 0.15) is 18.3 Å². The molecule has 1 unspecified atom stereocenters. The number of aliphatic hydroxyl groups is 1. The van der Waals surface area contributed by atoms with Gasteiger partial charge in [0.2, 0.25) is 5.82 Å². The van der Waals surface area contributed by atoms with Crippen LogP contribution in [0.25, 0.3) is 0 Å². The van der Waals surface area contributed by atoms with E-state index in [0.717, 1.165) is 0 Å². The highest BCUT2D eigenvalue weighted by Gasteiger charge is 2.52. The van der Waals surface area contributed by atoms with Gasteiger partial charge in [-0.1, -0.05) is 0 Å². The average molecular weight is 324 g/mol. The number of fused-ring (bicyclic) bond motifs is 1. The van der Waals surface area contributed by atoms with Crippen molar-refractivity contribution in [2.75, 3.05) is 6.61 Å². The van der Waals surface area contributed by atoms with Crippen LogP contribution >= 0.6 is 7.82 Å². The summed E-state index contributed by atoms with van der Waals surface area (Å²) < 4.78 is 39.7. The van der Waals surface area contributed by atoms with Gasteiger partial charge in [0, 0.05) is 0 Å². The summed E-state index contributed by atoms with van der Waals surface area (Å²) in [5.41, 5.74) is -2.21. The van der Waals surface area contributed by atoms with Crippen molar-refractivity contribution in [3.8, 4) is 0 Å². The van der Waals surface area contributed by atoms with Gasteiger partial charge in [-0.2, -0.15) is 4.39 Å². The zero-order chi connectivity index (χ0) is 15.4. The number of aromatic nitrogens is 2. The van der Waals surface area contributed by atoms with Crippen LogP contribution < -0.4 is 11.2 Å². The number of phosphoric ester groups is 1. The number of hydrogen-bond donors (Lipinski definition) is 3. The SMILES string of the molecule is O=c1[nH]c(=O)n([C@@H]2O[C@@H]3COP(=O)(O)O[C@H]3[C@H]2O)cc1F. The normalized spacial score (nSPS) is 39.2. The molecule has 3 rings (SSSR count). The summed E-state index contributed by atoms with van der Waals surface area (Å²) in [6, 6.07) is 0. The number of H-pyrrole nitrogens is 1. The lowest BCUT2D eigenvalue weighted by Gasteiger charge is -2.27. The number of nitrogens with one attached hydrogen (secondary N) is 1. The van der Waals surface area contributed by atoms with Crippen molar-refractivity contribution in [1.82, 2.24) is 9.55 Å². The number of aliphatic hydroxyl groups excluding tert-OH is 1.